The summed E-state index contributed by atoms with van der Waals surface area (Å²) in [4.78, 5) is 29.1. The van der Waals surface area contributed by atoms with Gasteiger partial charge in [0.1, 0.15) is 5.54 Å². The molecule has 1 amide bonds. The largest absolute Gasteiger partial charge is 0.449 e. The van der Waals surface area contributed by atoms with E-state index in [-0.39, 0.29) is 5.91 Å². The van der Waals surface area contributed by atoms with Crippen molar-refractivity contribution in [3.8, 4) is 6.07 Å². The van der Waals surface area contributed by atoms with Gasteiger partial charge < -0.3 is 14.4 Å². The predicted octanol–water partition coefficient (Wildman–Crippen LogP) is 2.75. The summed E-state index contributed by atoms with van der Waals surface area (Å²) in [6, 6.07) is 9.62. The highest BCUT2D eigenvalue weighted by atomic mass is 16.5. The highest BCUT2D eigenvalue weighted by Crippen LogP contribution is 2.33. The van der Waals surface area contributed by atoms with E-state index in [1.165, 1.54) is 4.90 Å². The Morgan fingerprint density at radius 3 is 2.43 bits per heavy atom. The van der Waals surface area contributed by atoms with E-state index in [1.54, 1.807) is 26.1 Å². The number of ether oxygens (including phenoxy) is 2. The van der Waals surface area contributed by atoms with Gasteiger partial charge in [0.05, 0.1) is 24.8 Å². The molecular formula is C23H31N3O4. The molecule has 1 saturated heterocycles. The smallest absolute Gasteiger partial charge is 0.338 e. The van der Waals surface area contributed by atoms with Gasteiger partial charge in [-0.25, -0.2) is 4.79 Å². The van der Waals surface area contributed by atoms with Crippen LogP contribution in [0.5, 0.6) is 0 Å². The highest BCUT2D eigenvalue weighted by molar-refractivity contribution is 5.92. The predicted molar refractivity (Wildman–Crippen MR) is 112 cm³/mol. The Kier molecular flexibility index (Phi) is 7.46. The highest BCUT2D eigenvalue weighted by Gasteiger charge is 2.40. The number of amides is 1. The van der Waals surface area contributed by atoms with Gasteiger partial charge in [0.25, 0.3) is 5.91 Å². The molecule has 1 aliphatic carbocycles. The number of morpholine rings is 1. The number of hydrogen-bond donors (Lipinski definition) is 0. The van der Waals surface area contributed by atoms with Gasteiger partial charge in [0.15, 0.2) is 6.10 Å². The van der Waals surface area contributed by atoms with E-state index >= 15 is 0 Å². The zero-order valence-electron chi connectivity index (χ0n) is 17.9. The molecule has 0 spiro atoms. The van der Waals surface area contributed by atoms with Gasteiger partial charge in [-0.3, -0.25) is 9.69 Å². The Morgan fingerprint density at radius 2 is 1.83 bits per heavy atom. The van der Waals surface area contributed by atoms with Crippen LogP contribution in [0, 0.1) is 11.3 Å². The van der Waals surface area contributed by atoms with Crippen molar-refractivity contribution >= 4 is 11.9 Å². The van der Waals surface area contributed by atoms with E-state index in [4.69, 9.17) is 9.47 Å². The number of esters is 1. The number of nitriles is 1. The van der Waals surface area contributed by atoms with Crippen LogP contribution in [0.2, 0.25) is 0 Å². The fraction of sp³-hybridized carbons (Fsp3) is 0.609. The molecule has 0 N–H and O–H groups in total. The quantitative estimate of drug-likeness (QED) is 0.667. The Bertz CT molecular complexity index is 775. The normalized spacial score (nSPS) is 20.0. The van der Waals surface area contributed by atoms with E-state index in [1.807, 2.05) is 12.1 Å². The van der Waals surface area contributed by atoms with Crippen LogP contribution in [-0.4, -0.2) is 66.7 Å². The SMILES string of the molecule is C[C@@H](OC(=O)c1ccc(CN2CCOCC2)cc1)C(=O)N(C)C1(C#N)CCCCC1. The van der Waals surface area contributed by atoms with Crippen molar-refractivity contribution in [2.24, 2.45) is 0 Å². The molecule has 7 nitrogen and oxygen atoms in total. The minimum absolute atomic E-state index is 0.337. The van der Waals surface area contributed by atoms with E-state index in [2.05, 4.69) is 11.0 Å². The third-order valence-electron chi connectivity index (χ3n) is 6.19. The lowest BCUT2D eigenvalue weighted by atomic mass is 9.81. The van der Waals surface area contributed by atoms with Gasteiger partial charge in [-0.05, 0) is 37.5 Å². The molecule has 1 aliphatic heterocycles. The lowest BCUT2D eigenvalue weighted by Gasteiger charge is -2.39. The minimum atomic E-state index is -0.942. The fourth-order valence-corrected chi connectivity index (χ4v) is 4.19. The first-order valence-corrected chi connectivity index (χ1v) is 10.7. The maximum atomic E-state index is 12.8. The molecule has 0 bridgehead atoms. The molecular weight excluding hydrogens is 382 g/mol. The van der Waals surface area contributed by atoms with E-state index in [0.29, 0.717) is 18.4 Å². The summed E-state index contributed by atoms with van der Waals surface area (Å²) in [7, 11) is 1.64. The molecule has 3 rings (SSSR count). The van der Waals surface area contributed by atoms with Crippen LogP contribution in [0.15, 0.2) is 24.3 Å². The first kappa shape index (κ1) is 22.3. The third-order valence-corrected chi connectivity index (χ3v) is 6.19. The molecule has 1 aromatic carbocycles. The number of nitrogens with zero attached hydrogens (tertiary/aromatic N) is 3. The number of hydrogen-bond acceptors (Lipinski definition) is 6. The second-order valence-corrected chi connectivity index (χ2v) is 8.23. The lowest BCUT2D eigenvalue weighted by molar-refractivity contribution is -0.143. The molecule has 1 heterocycles. The van der Waals surface area contributed by atoms with Crippen molar-refractivity contribution in [2.75, 3.05) is 33.4 Å². The number of carbonyl (C=O) groups is 2. The molecule has 1 aromatic rings. The fourth-order valence-electron chi connectivity index (χ4n) is 4.19. The molecule has 0 aromatic heterocycles. The monoisotopic (exact) mass is 413 g/mol. The first-order valence-electron chi connectivity index (χ1n) is 10.7. The summed E-state index contributed by atoms with van der Waals surface area (Å²) < 4.78 is 10.8. The van der Waals surface area contributed by atoms with E-state index in [0.717, 1.165) is 57.7 Å². The van der Waals surface area contributed by atoms with Crippen molar-refractivity contribution in [1.29, 1.82) is 5.26 Å². The van der Waals surface area contributed by atoms with Crippen molar-refractivity contribution in [2.45, 2.75) is 57.2 Å². The average Bonchev–Trinajstić information content (AvgIpc) is 2.79. The zero-order valence-corrected chi connectivity index (χ0v) is 17.9. The molecule has 2 fully saturated rings. The van der Waals surface area contributed by atoms with Crippen molar-refractivity contribution in [3.63, 3.8) is 0 Å². The molecule has 1 atom stereocenters. The summed E-state index contributed by atoms with van der Waals surface area (Å²) >= 11 is 0. The summed E-state index contributed by atoms with van der Waals surface area (Å²) in [6.45, 7) is 5.68. The van der Waals surface area contributed by atoms with Gasteiger partial charge in [0, 0.05) is 26.7 Å². The standard InChI is InChI=1S/C23H31N3O4/c1-18(21(27)25(2)23(17-24)10-4-3-5-11-23)30-22(28)20-8-6-19(7-9-20)16-26-12-14-29-15-13-26/h6-9,18H,3-5,10-16H2,1-2H3/t18-/m1/s1. The second-order valence-electron chi connectivity index (χ2n) is 8.23. The number of carbonyl (C=O) groups excluding carboxylic acids is 2. The van der Waals surface area contributed by atoms with Crippen LogP contribution in [0.3, 0.4) is 0 Å². The maximum absolute atomic E-state index is 12.8. The summed E-state index contributed by atoms with van der Waals surface area (Å²) in [5, 5.41) is 9.68. The first-order chi connectivity index (χ1) is 14.4. The Labute approximate surface area is 178 Å². The van der Waals surface area contributed by atoms with Crippen molar-refractivity contribution in [1.82, 2.24) is 9.80 Å². The zero-order chi connectivity index (χ0) is 21.6. The van der Waals surface area contributed by atoms with Crippen LogP contribution >= 0.6 is 0 Å². The molecule has 2 aliphatic rings. The van der Waals surface area contributed by atoms with Gasteiger partial charge in [-0.1, -0.05) is 31.4 Å². The minimum Gasteiger partial charge on any atom is -0.449 e. The molecule has 162 valence electrons. The summed E-state index contributed by atoms with van der Waals surface area (Å²) in [6.07, 6.45) is 3.32. The van der Waals surface area contributed by atoms with Crippen LogP contribution in [0.1, 0.15) is 54.9 Å². The van der Waals surface area contributed by atoms with Crippen LogP contribution in [-0.2, 0) is 20.8 Å². The Hall–Kier alpha value is -2.43. The van der Waals surface area contributed by atoms with Gasteiger partial charge in [0.2, 0.25) is 0 Å². The van der Waals surface area contributed by atoms with Crippen LogP contribution in [0.25, 0.3) is 0 Å². The second kappa shape index (κ2) is 10.1. The summed E-state index contributed by atoms with van der Waals surface area (Å²) in [5.41, 5.74) is 0.734. The van der Waals surface area contributed by atoms with Gasteiger partial charge >= 0.3 is 5.97 Å². The lowest BCUT2D eigenvalue weighted by Crippen LogP contribution is -2.53. The number of likely N-dealkylation sites (N-methyl/N-ethyl adjacent to an activating group) is 1. The summed E-state index contributed by atoms with van der Waals surface area (Å²) in [5.74, 6) is -0.868. The average molecular weight is 414 g/mol. The molecule has 0 unspecified atom stereocenters. The molecule has 1 saturated carbocycles. The van der Waals surface area contributed by atoms with Crippen molar-refractivity contribution in [3.05, 3.63) is 35.4 Å². The van der Waals surface area contributed by atoms with Crippen LogP contribution in [0.4, 0.5) is 0 Å². The number of benzene rings is 1. The molecule has 30 heavy (non-hydrogen) atoms. The van der Waals surface area contributed by atoms with Crippen LogP contribution < -0.4 is 0 Å². The van der Waals surface area contributed by atoms with Gasteiger partial charge in [-0.2, -0.15) is 5.26 Å². The topological polar surface area (TPSA) is 82.9 Å². The number of rotatable bonds is 6. The van der Waals surface area contributed by atoms with Crippen molar-refractivity contribution < 1.29 is 19.1 Å². The van der Waals surface area contributed by atoms with Gasteiger partial charge in [-0.15, -0.1) is 0 Å². The van der Waals surface area contributed by atoms with E-state index < -0.39 is 17.6 Å². The Balaban J connectivity index is 1.56. The maximum Gasteiger partial charge on any atom is 0.338 e. The molecule has 7 heteroatoms. The Morgan fingerprint density at radius 1 is 1.20 bits per heavy atom. The molecule has 0 radical (unpaired) electrons. The van der Waals surface area contributed by atoms with E-state index in [9.17, 15) is 14.9 Å². The third kappa shape index (κ3) is 5.18.